The molecule has 0 aliphatic carbocycles. The summed E-state index contributed by atoms with van der Waals surface area (Å²) in [6, 6.07) is 5.70. The van der Waals surface area contributed by atoms with Crippen LogP contribution in [0.3, 0.4) is 0 Å². The minimum Gasteiger partial charge on any atom is -0.484 e. The highest BCUT2D eigenvalue weighted by molar-refractivity contribution is 5.77. The van der Waals surface area contributed by atoms with Crippen LogP contribution in [0.1, 0.15) is 18.6 Å². The molecule has 0 saturated heterocycles. The highest BCUT2D eigenvalue weighted by Crippen LogP contribution is 2.21. The second-order valence-electron chi connectivity index (χ2n) is 3.58. The molecule has 0 fully saturated rings. The average molecular weight is 252 g/mol. The van der Waals surface area contributed by atoms with Crippen LogP contribution in [0.4, 0.5) is 4.39 Å². The van der Waals surface area contributed by atoms with Crippen molar-refractivity contribution in [3.63, 3.8) is 0 Å². The third-order valence-electron chi connectivity index (χ3n) is 2.16. The van der Waals surface area contributed by atoms with Gasteiger partial charge in [0.1, 0.15) is 18.1 Å². The van der Waals surface area contributed by atoms with Gasteiger partial charge in [-0.05, 0) is 19.1 Å². The number of hydrogen-bond acceptors (Lipinski definition) is 4. The Kier molecular flexibility index (Phi) is 5.08. The SMILES string of the molecule is CC(O)c1ccc(OCC(=O)NCC#N)cc1F. The van der Waals surface area contributed by atoms with E-state index in [1.54, 1.807) is 6.07 Å². The van der Waals surface area contributed by atoms with Gasteiger partial charge >= 0.3 is 0 Å². The van der Waals surface area contributed by atoms with E-state index < -0.39 is 17.8 Å². The number of ether oxygens (including phenoxy) is 1. The summed E-state index contributed by atoms with van der Waals surface area (Å²) in [5.74, 6) is -0.875. The number of nitriles is 1. The van der Waals surface area contributed by atoms with E-state index in [2.05, 4.69) is 5.32 Å². The van der Waals surface area contributed by atoms with Gasteiger partial charge in [0.25, 0.3) is 5.91 Å². The smallest absolute Gasteiger partial charge is 0.258 e. The Hall–Kier alpha value is -2.13. The second kappa shape index (κ2) is 6.57. The van der Waals surface area contributed by atoms with Gasteiger partial charge in [-0.25, -0.2) is 4.39 Å². The molecule has 0 radical (unpaired) electrons. The number of carbonyl (C=O) groups is 1. The predicted octanol–water partition coefficient (Wildman–Crippen LogP) is 0.898. The van der Waals surface area contributed by atoms with Gasteiger partial charge in [-0.15, -0.1) is 0 Å². The molecule has 5 nitrogen and oxygen atoms in total. The average Bonchev–Trinajstić information content (AvgIpc) is 2.33. The first-order chi connectivity index (χ1) is 8.54. The van der Waals surface area contributed by atoms with Crippen molar-refractivity contribution in [3.8, 4) is 11.8 Å². The van der Waals surface area contributed by atoms with E-state index in [0.717, 1.165) is 6.07 Å². The van der Waals surface area contributed by atoms with Crippen molar-refractivity contribution >= 4 is 5.91 Å². The van der Waals surface area contributed by atoms with Crippen LogP contribution in [0.2, 0.25) is 0 Å². The lowest BCUT2D eigenvalue weighted by Gasteiger charge is -2.09. The quantitative estimate of drug-likeness (QED) is 0.763. The number of benzene rings is 1. The third-order valence-corrected chi connectivity index (χ3v) is 2.16. The molecule has 0 spiro atoms. The number of carbonyl (C=O) groups excluding carboxylic acids is 1. The number of halogens is 1. The van der Waals surface area contributed by atoms with Crippen LogP contribution >= 0.6 is 0 Å². The molecule has 1 atom stereocenters. The Labute approximate surface area is 104 Å². The fourth-order valence-corrected chi connectivity index (χ4v) is 1.27. The Bertz CT molecular complexity index is 469. The van der Waals surface area contributed by atoms with Crippen LogP contribution in [0, 0.1) is 17.1 Å². The maximum Gasteiger partial charge on any atom is 0.258 e. The molecule has 1 rings (SSSR count). The maximum absolute atomic E-state index is 13.4. The first-order valence-corrected chi connectivity index (χ1v) is 5.28. The van der Waals surface area contributed by atoms with E-state index in [9.17, 15) is 14.3 Å². The molecule has 1 aromatic carbocycles. The van der Waals surface area contributed by atoms with Crippen LogP contribution in [-0.2, 0) is 4.79 Å². The summed E-state index contributed by atoms with van der Waals surface area (Å²) in [5, 5.41) is 19.8. The fraction of sp³-hybridized carbons (Fsp3) is 0.333. The predicted molar refractivity (Wildman–Crippen MR) is 61.2 cm³/mol. The summed E-state index contributed by atoms with van der Waals surface area (Å²) in [5.41, 5.74) is 0.163. The molecule has 0 saturated carbocycles. The van der Waals surface area contributed by atoms with Crippen LogP contribution in [-0.4, -0.2) is 24.2 Å². The van der Waals surface area contributed by atoms with Gasteiger partial charge in [0.2, 0.25) is 0 Å². The normalized spacial score (nSPS) is 11.4. The molecule has 1 unspecified atom stereocenters. The molecule has 1 aromatic rings. The summed E-state index contributed by atoms with van der Waals surface area (Å²) in [4.78, 5) is 11.1. The highest BCUT2D eigenvalue weighted by Gasteiger charge is 2.09. The maximum atomic E-state index is 13.4. The third kappa shape index (κ3) is 4.03. The molecule has 0 aliphatic heterocycles. The van der Waals surface area contributed by atoms with Gasteiger partial charge in [-0.3, -0.25) is 4.79 Å². The van der Waals surface area contributed by atoms with Crippen LogP contribution in [0.5, 0.6) is 5.75 Å². The molecule has 0 heterocycles. The number of hydrogen-bond donors (Lipinski definition) is 2. The number of aliphatic hydroxyl groups is 1. The summed E-state index contributed by atoms with van der Waals surface area (Å²) in [6.07, 6.45) is -0.905. The van der Waals surface area contributed by atoms with Crippen LogP contribution in [0.25, 0.3) is 0 Å². The zero-order valence-electron chi connectivity index (χ0n) is 9.81. The summed E-state index contributed by atoms with van der Waals surface area (Å²) in [6.45, 7) is 1.06. The van der Waals surface area contributed by atoms with Crippen molar-refractivity contribution < 1.29 is 19.0 Å². The fourth-order valence-electron chi connectivity index (χ4n) is 1.27. The number of nitrogens with one attached hydrogen (secondary N) is 1. The van der Waals surface area contributed by atoms with Crippen molar-refractivity contribution in [1.29, 1.82) is 5.26 Å². The Morgan fingerprint density at radius 2 is 2.39 bits per heavy atom. The zero-order chi connectivity index (χ0) is 13.5. The first-order valence-electron chi connectivity index (χ1n) is 5.28. The van der Waals surface area contributed by atoms with E-state index in [0.29, 0.717) is 0 Å². The minimum absolute atomic E-state index is 0.0997. The standard InChI is InChI=1S/C12H13FN2O3/c1-8(16)10-3-2-9(6-11(10)13)18-7-12(17)15-5-4-14/h2-3,6,8,16H,5,7H2,1H3,(H,15,17). The van der Waals surface area contributed by atoms with E-state index in [4.69, 9.17) is 10.00 Å². The lowest BCUT2D eigenvalue weighted by Crippen LogP contribution is -2.29. The summed E-state index contributed by atoms with van der Waals surface area (Å²) >= 11 is 0. The van der Waals surface area contributed by atoms with E-state index >= 15 is 0 Å². The molecule has 0 aliphatic rings. The van der Waals surface area contributed by atoms with Crippen molar-refractivity contribution in [3.05, 3.63) is 29.6 Å². The molecule has 1 amide bonds. The molecule has 6 heteroatoms. The van der Waals surface area contributed by atoms with Gasteiger partial charge in [0.05, 0.1) is 12.2 Å². The summed E-state index contributed by atoms with van der Waals surface area (Å²) < 4.78 is 18.5. The zero-order valence-corrected chi connectivity index (χ0v) is 9.81. The van der Waals surface area contributed by atoms with Gasteiger partial charge in [0, 0.05) is 11.6 Å². The van der Waals surface area contributed by atoms with Crippen LogP contribution in [0.15, 0.2) is 18.2 Å². The van der Waals surface area contributed by atoms with E-state index in [1.807, 2.05) is 0 Å². The van der Waals surface area contributed by atoms with Crippen molar-refractivity contribution in [2.45, 2.75) is 13.0 Å². The molecule has 18 heavy (non-hydrogen) atoms. The van der Waals surface area contributed by atoms with E-state index in [-0.39, 0.29) is 24.5 Å². The lowest BCUT2D eigenvalue weighted by molar-refractivity contribution is -0.122. The van der Waals surface area contributed by atoms with Gasteiger partial charge in [-0.1, -0.05) is 0 Å². The van der Waals surface area contributed by atoms with Crippen molar-refractivity contribution in [2.24, 2.45) is 0 Å². The highest BCUT2D eigenvalue weighted by atomic mass is 19.1. The number of rotatable bonds is 5. The molecular formula is C12H13FN2O3. The molecule has 2 N–H and O–H groups in total. The van der Waals surface area contributed by atoms with Crippen molar-refractivity contribution in [1.82, 2.24) is 5.32 Å². The van der Waals surface area contributed by atoms with Gasteiger partial charge in [0.15, 0.2) is 6.61 Å². The van der Waals surface area contributed by atoms with Gasteiger partial charge in [-0.2, -0.15) is 5.26 Å². The van der Waals surface area contributed by atoms with Gasteiger partial charge < -0.3 is 15.2 Å². The van der Waals surface area contributed by atoms with Crippen LogP contribution < -0.4 is 10.1 Å². The monoisotopic (exact) mass is 252 g/mol. The Morgan fingerprint density at radius 3 is 2.94 bits per heavy atom. The Morgan fingerprint density at radius 1 is 1.67 bits per heavy atom. The molecule has 96 valence electrons. The first kappa shape index (κ1) is 13.9. The number of aliphatic hydroxyl groups excluding tert-OH is 1. The summed E-state index contributed by atoms with van der Waals surface area (Å²) in [7, 11) is 0. The lowest BCUT2D eigenvalue weighted by atomic mass is 10.1. The minimum atomic E-state index is -0.905. The molecule has 0 aromatic heterocycles. The number of nitrogens with zero attached hydrogens (tertiary/aromatic N) is 1. The largest absolute Gasteiger partial charge is 0.484 e. The van der Waals surface area contributed by atoms with E-state index in [1.165, 1.54) is 19.1 Å². The number of amides is 1. The second-order valence-corrected chi connectivity index (χ2v) is 3.58. The van der Waals surface area contributed by atoms with Crippen molar-refractivity contribution in [2.75, 3.05) is 13.2 Å². The molecule has 0 bridgehead atoms. The topological polar surface area (TPSA) is 82.3 Å². The molecular weight excluding hydrogens is 239 g/mol. The Balaban J connectivity index is 2.56.